The molecule has 0 N–H and O–H groups in total. The van der Waals surface area contributed by atoms with Gasteiger partial charge in [-0.2, -0.15) is 0 Å². The molecule has 0 heterocycles. The maximum atomic E-state index is 4.62. The van der Waals surface area contributed by atoms with Crippen molar-refractivity contribution < 1.29 is 0 Å². The van der Waals surface area contributed by atoms with Crippen molar-refractivity contribution in [2.24, 2.45) is 4.99 Å². The maximum absolute atomic E-state index is 4.62. The van der Waals surface area contributed by atoms with Gasteiger partial charge in [0.25, 0.3) is 0 Å². The van der Waals surface area contributed by atoms with Crippen molar-refractivity contribution in [3.05, 3.63) is 23.8 Å². The van der Waals surface area contributed by atoms with Crippen LogP contribution in [0.1, 0.15) is 47.5 Å². The molecule has 80 valence electrons. The van der Waals surface area contributed by atoms with E-state index in [1.54, 1.807) is 0 Å². The molecule has 0 aromatic rings. The molecule has 0 saturated carbocycles. The van der Waals surface area contributed by atoms with Crippen LogP contribution in [0.2, 0.25) is 0 Å². The number of aliphatic imine (C=N–C) groups is 1. The van der Waals surface area contributed by atoms with E-state index in [1.165, 1.54) is 12.0 Å². The van der Waals surface area contributed by atoms with E-state index in [9.17, 15) is 0 Å². The van der Waals surface area contributed by atoms with Gasteiger partial charge >= 0.3 is 0 Å². The normalized spacial score (nSPS) is 14.4. The van der Waals surface area contributed by atoms with Crippen molar-refractivity contribution in [2.45, 2.75) is 53.5 Å². The highest BCUT2D eigenvalue weighted by molar-refractivity contribution is 6.08. The average Bonchev–Trinajstić information content (AvgIpc) is 2.13. The topological polar surface area (TPSA) is 12.4 Å². The Balaban J connectivity index is 4.79. The third-order valence-electron chi connectivity index (χ3n) is 1.92. The second kappa shape index (κ2) is 7.54. The van der Waals surface area contributed by atoms with Crippen molar-refractivity contribution in [3.8, 4) is 0 Å². The molecule has 0 rings (SSSR count). The predicted molar refractivity (Wildman–Crippen MR) is 66.1 cm³/mol. The van der Waals surface area contributed by atoms with Gasteiger partial charge in [-0.15, -0.1) is 0 Å². The Morgan fingerprint density at radius 1 is 1.29 bits per heavy atom. The lowest BCUT2D eigenvalue weighted by Crippen LogP contribution is -2.03. The zero-order chi connectivity index (χ0) is 11.0. The summed E-state index contributed by atoms with van der Waals surface area (Å²) in [5.74, 6) is 0. The van der Waals surface area contributed by atoms with Crippen molar-refractivity contribution in [1.82, 2.24) is 0 Å². The van der Waals surface area contributed by atoms with Gasteiger partial charge in [-0.3, -0.25) is 4.99 Å². The minimum absolute atomic E-state index is 0.369. The largest absolute Gasteiger partial charge is 0.282 e. The predicted octanol–water partition coefficient (Wildman–Crippen LogP) is 4.16. The Labute approximate surface area is 88.6 Å². The van der Waals surface area contributed by atoms with Crippen LogP contribution in [0.3, 0.4) is 0 Å². The summed E-state index contributed by atoms with van der Waals surface area (Å²) in [4.78, 5) is 4.62. The van der Waals surface area contributed by atoms with Crippen LogP contribution < -0.4 is 0 Å². The quantitative estimate of drug-likeness (QED) is 0.581. The fourth-order valence-corrected chi connectivity index (χ4v) is 1.36. The van der Waals surface area contributed by atoms with Gasteiger partial charge in [-0.1, -0.05) is 25.5 Å². The Morgan fingerprint density at radius 2 is 1.93 bits per heavy atom. The SMILES string of the molecule is C/C=C\C(=NC(C)C)/C(=C/C)CCC. The van der Waals surface area contributed by atoms with Crippen LogP contribution in [0.5, 0.6) is 0 Å². The van der Waals surface area contributed by atoms with Crippen LogP contribution in [0, 0.1) is 0 Å². The van der Waals surface area contributed by atoms with E-state index in [0.29, 0.717) is 6.04 Å². The monoisotopic (exact) mass is 193 g/mol. The van der Waals surface area contributed by atoms with E-state index < -0.39 is 0 Å². The van der Waals surface area contributed by atoms with Gasteiger partial charge in [0.05, 0.1) is 5.71 Å². The maximum Gasteiger partial charge on any atom is 0.0602 e. The molecule has 0 fully saturated rings. The van der Waals surface area contributed by atoms with Gasteiger partial charge in [0.1, 0.15) is 0 Å². The standard InChI is InChI=1S/C13H23N/c1-6-9-12(8-3)13(10-7-2)14-11(4)5/h7-8,10-11H,6,9H2,1-5H3/b10-7-,12-8+,14-13?. The van der Waals surface area contributed by atoms with Gasteiger partial charge in [0, 0.05) is 6.04 Å². The van der Waals surface area contributed by atoms with Crippen LogP contribution in [0.25, 0.3) is 0 Å². The number of hydrogen-bond acceptors (Lipinski definition) is 1. The Hall–Kier alpha value is -0.850. The Kier molecular flexibility index (Phi) is 7.09. The summed E-state index contributed by atoms with van der Waals surface area (Å²) in [5, 5.41) is 0. The third-order valence-corrected chi connectivity index (χ3v) is 1.92. The Morgan fingerprint density at radius 3 is 2.29 bits per heavy atom. The molecule has 0 aliphatic heterocycles. The van der Waals surface area contributed by atoms with E-state index in [1.807, 2.05) is 6.92 Å². The molecule has 0 unspecified atom stereocenters. The smallest absolute Gasteiger partial charge is 0.0602 e. The van der Waals surface area contributed by atoms with Crippen LogP contribution in [0.15, 0.2) is 28.8 Å². The van der Waals surface area contributed by atoms with Crippen LogP contribution in [-0.4, -0.2) is 11.8 Å². The summed E-state index contributed by atoms with van der Waals surface area (Å²) in [6, 6.07) is 0.369. The van der Waals surface area contributed by atoms with Crippen LogP contribution >= 0.6 is 0 Å². The van der Waals surface area contributed by atoms with E-state index in [2.05, 4.69) is 50.9 Å². The summed E-state index contributed by atoms with van der Waals surface area (Å²) in [7, 11) is 0. The number of nitrogens with zero attached hydrogens (tertiary/aromatic N) is 1. The summed E-state index contributed by atoms with van der Waals surface area (Å²) < 4.78 is 0. The van der Waals surface area contributed by atoms with Gasteiger partial charge in [0.15, 0.2) is 0 Å². The van der Waals surface area contributed by atoms with Crippen molar-refractivity contribution in [1.29, 1.82) is 0 Å². The van der Waals surface area contributed by atoms with Crippen molar-refractivity contribution in [2.75, 3.05) is 0 Å². The molecular formula is C13H23N. The first-order chi connectivity index (χ1) is 6.65. The molecule has 0 aromatic heterocycles. The molecule has 0 aliphatic rings. The third kappa shape index (κ3) is 5.00. The second-order valence-corrected chi connectivity index (χ2v) is 3.67. The van der Waals surface area contributed by atoms with Crippen LogP contribution in [0.4, 0.5) is 0 Å². The average molecular weight is 193 g/mol. The first kappa shape index (κ1) is 13.2. The number of allylic oxidation sites excluding steroid dienone is 4. The highest BCUT2D eigenvalue weighted by Gasteiger charge is 2.02. The fraction of sp³-hybridized carbons (Fsp3) is 0.615. The van der Waals surface area contributed by atoms with Gasteiger partial charge in [-0.05, 0) is 45.8 Å². The van der Waals surface area contributed by atoms with E-state index in [0.717, 1.165) is 12.1 Å². The number of hydrogen-bond donors (Lipinski definition) is 0. The van der Waals surface area contributed by atoms with Gasteiger partial charge < -0.3 is 0 Å². The molecule has 0 amide bonds. The molecular weight excluding hydrogens is 170 g/mol. The molecule has 1 heteroatoms. The molecule has 0 spiro atoms. The summed E-state index contributed by atoms with van der Waals surface area (Å²) in [6.45, 7) is 10.6. The minimum Gasteiger partial charge on any atom is -0.282 e. The van der Waals surface area contributed by atoms with E-state index in [4.69, 9.17) is 0 Å². The van der Waals surface area contributed by atoms with Crippen molar-refractivity contribution in [3.63, 3.8) is 0 Å². The lowest BCUT2D eigenvalue weighted by molar-refractivity contribution is 0.832. The minimum atomic E-state index is 0.369. The van der Waals surface area contributed by atoms with Gasteiger partial charge in [-0.25, -0.2) is 0 Å². The number of rotatable bonds is 5. The zero-order valence-corrected chi connectivity index (χ0v) is 10.2. The molecule has 0 atom stereocenters. The van der Waals surface area contributed by atoms with E-state index >= 15 is 0 Å². The molecule has 0 bridgehead atoms. The molecule has 14 heavy (non-hydrogen) atoms. The Bertz CT molecular complexity index is 232. The molecule has 1 nitrogen and oxygen atoms in total. The summed E-state index contributed by atoms with van der Waals surface area (Å²) >= 11 is 0. The highest BCUT2D eigenvalue weighted by atomic mass is 14.8. The summed E-state index contributed by atoms with van der Waals surface area (Å²) in [5.41, 5.74) is 2.51. The zero-order valence-electron chi connectivity index (χ0n) is 10.2. The van der Waals surface area contributed by atoms with Crippen LogP contribution in [-0.2, 0) is 0 Å². The lowest BCUT2D eigenvalue weighted by Gasteiger charge is -2.07. The first-order valence-electron chi connectivity index (χ1n) is 5.51. The highest BCUT2D eigenvalue weighted by Crippen LogP contribution is 2.10. The fourth-order valence-electron chi connectivity index (χ4n) is 1.36. The van der Waals surface area contributed by atoms with E-state index in [-0.39, 0.29) is 0 Å². The lowest BCUT2D eigenvalue weighted by atomic mass is 10.0. The summed E-state index contributed by atoms with van der Waals surface area (Å²) in [6.07, 6.45) is 8.62. The molecule has 0 aromatic carbocycles. The molecule has 0 aliphatic carbocycles. The van der Waals surface area contributed by atoms with Gasteiger partial charge in [0.2, 0.25) is 0 Å². The van der Waals surface area contributed by atoms with Crippen molar-refractivity contribution >= 4 is 5.71 Å². The first-order valence-corrected chi connectivity index (χ1v) is 5.51. The second-order valence-electron chi connectivity index (χ2n) is 3.67. The molecule has 0 saturated heterocycles. The molecule has 0 radical (unpaired) electrons.